The van der Waals surface area contributed by atoms with Crippen molar-refractivity contribution in [1.82, 2.24) is 5.32 Å². The maximum Gasteiger partial charge on any atom is 0.251 e. The first-order valence-corrected chi connectivity index (χ1v) is 7.12. The highest BCUT2D eigenvalue weighted by Crippen LogP contribution is 2.19. The molecule has 1 fully saturated rings. The van der Waals surface area contributed by atoms with Crippen LogP contribution < -0.4 is 5.32 Å². The van der Waals surface area contributed by atoms with Crippen molar-refractivity contribution in [3.8, 4) is 0 Å². The molecule has 1 saturated heterocycles. The SMILES string of the molecule is Cc1c(Br)cccc1C(=O)NCC1CCCCO1. The highest BCUT2D eigenvalue weighted by atomic mass is 79.9. The summed E-state index contributed by atoms with van der Waals surface area (Å²) >= 11 is 3.44. The van der Waals surface area contributed by atoms with Crippen LogP contribution in [-0.2, 0) is 4.74 Å². The van der Waals surface area contributed by atoms with E-state index in [0.717, 1.165) is 35.0 Å². The van der Waals surface area contributed by atoms with Crippen LogP contribution in [0.3, 0.4) is 0 Å². The molecule has 1 heterocycles. The third kappa shape index (κ3) is 3.33. The molecule has 1 aromatic rings. The monoisotopic (exact) mass is 311 g/mol. The second kappa shape index (κ2) is 6.34. The number of nitrogens with one attached hydrogen (secondary N) is 1. The summed E-state index contributed by atoms with van der Waals surface area (Å²) in [5.41, 5.74) is 1.69. The minimum Gasteiger partial charge on any atom is -0.376 e. The fraction of sp³-hybridized carbons (Fsp3) is 0.500. The Labute approximate surface area is 116 Å². The summed E-state index contributed by atoms with van der Waals surface area (Å²) in [5.74, 6) is -0.0250. The van der Waals surface area contributed by atoms with Gasteiger partial charge in [-0.3, -0.25) is 4.79 Å². The standard InChI is InChI=1S/C14H18BrNO2/c1-10-12(6-4-7-13(10)15)14(17)16-9-11-5-2-3-8-18-11/h4,6-7,11H,2-3,5,8-9H2,1H3,(H,16,17). The maximum absolute atomic E-state index is 12.1. The van der Waals surface area contributed by atoms with Crippen molar-refractivity contribution >= 4 is 21.8 Å². The topological polar surface area (TPSA) is 38.3 Å². The van der Waals surface area contributed by atoms with Gasteiger partial charge in [0.2, 0.25) is 0 Å². The number of rotatable bonds is 3. The first kappa shape index (κ1) is 13.6. The summed E-state index contributed by atoms with van der Waals surface area (Å²) < 4.78 is 6.56. The fourth-order valence-electron chi connectivity index (χ4n) is 2.12. The first-order valence-electron chi connectivity index (χ1n) is 6.33. The molecule has 0 saturated carbocycles. The number of benzene rings is 1. The van der Waals surface area contributed by atoms with Crippen LogP contribution in [0.1, 0.15) is 35.2 Å². The van der Waals surface area contributed by atoms with Crippen LogP contribution in [0.25, 0.3) is 0 Å². The van der Waals surface area contributed by atoms with Crippen molar-refractivity contribution in [2.75, 3.05) is 13.2 Å². The summed E-state index contributed by atoms with van der Waals surface area (Å²) in [4.78, 5) is 12.1. The average Bonchev–Trinajstić information content (AvgIpc) is 2.40. The molecule has 1 unspecified atom stereocenters. The Morgan fingerprint density at radius 2 is 2.33 bits per heavy atom. The lowest BCUT2D eigenvalue weighted by atomic mass is 10.1. The van der Waals surface area contributed by atoms with Gasteiger partial charge in [0.25, 0.3) is 5.91 Å². The predicted molar refractivity (Wildman–Crippen MR) is 74.8 cm³/mol. The molecule has 18 heavy (non-hydrogen) atoms. The van der Waals surface area contributed by atoms with Crippen molar-refractivity contribution in [3.63, 3.8) is 0 Å². The minimum atomic E-state index is -0.0250. The summed E-state index contributed by atoms with van der Waals surface area (Å²) in [6.45, 7) is 3.36. The Balaban J connectivity index is 1.93. The van der Waals surface area contributed by atoms with Gasteiger partial charge < -0.3 is 10.1 Å². The molecule has 98 valence electrons. The molecule has 2 rings (SSSR count). The molecule has 1 aliphatic heterocycles. The van der Waals surface area contributed by atoms with Gasteiger partial charge in [-0.25, -0.2) is 0 Å². The molecular formula is C14H18BrNO2. The van der Waals surface area contributed by atoms with Crippen molar-refractivity contribution in [2.45, 2.75) is 32.3 Å². The Morgan fingerprint density at radius 1 is 1.50 bits per heavy atom. The fourth-order valence-corrected chi connectivity index (χ4v) is 2.49. The van der Waals surface area contributed by atoms with E-state index in [2.05, 4.69) is 21.2 Å². The zero-order valence-electron chi connectivity index (χ0n) is 10.5. The van der Waals surface area contributed by atoms with Crippen LogP contribution in [0.2, 0.25) is 0 Å². The van der Waals surface area contributed by atoms with Gasteiger partial charge in [-0.15, -0.1) is 0 Å². The van der Waals surface area contributed by atoms with Crippen LogP contribution >= 0.6 is 15.9 Å². The van der Waals surface area contributed by atoms with E-state index in [1.54, 1.807) is 0 Å². The third-order valence-electron chi connectivity index (χ3n) is 3.28. The van der Waals surface area contributed by atoms with Crippen LogP contribution in [-0.4, -0.2) is 25.2 Å². The summed E-state index contributed by atoms with van der Waals surface area (Å²) in [7, 11) is 0. The quantitative estimate of drug-likeness (QED) is 0.931. The van der Waals surface area contributed by atoms with Crippen LogP contribution in [0.5, 0.6) is 0 Å². The van der Waals surface area contributed by atoms with Crippen LogP contribution in [0.4, 0.5) is 0 Å². The molecule has 1 aromatic carbocycles. The number of hydrogen-bond donors (Lipinski definition) is 1. The number of hydrogen-bond acceptors (Lipinski definition) is 2. The smallest absolute Gasteiger partial charge is 0.251 e. The van der Waals surface area contributed by atoms with E-state index in [-0.39, 0.29) is 12.0 Å². The van der Waals surface area contributed by atoms with Gasteiger partial charge in [0.05, 0.1) is 6.10 Å². The molecule has 3 nitrogen and oxygen atoms in total. The number of carbonyl (C=O) groups is 1. The van der Waals surface area contributed by atoms with Gasteiger partial charge >= 0.3 is 0 Å². The largest absolute Gasteiger partial charge is 0.376 e. The molecule has 0 spiro atoms. The second-order valence-corrected chi connectivity index (χ2v) is 5.47. The van der Waals surface area contributed by atoms with Crippen molar-refractivity contribution < 1.29 is 9.53 Å². The number of ether oxygens (including phenoxy) is 1. The lowest BCUT2D eigenvalue weighted by Crippen LogP contribution is -2.35. The number of amides is 1. The normalized spacial score (nSPS) is 19.6. The molecule has 1 N–H and O–H groups in total. The Kier molecular flexibility index (Phi) is 4.78. The molecule has 0 radical (unpaired) electrons. The Bertz CT molecular complexity index is 428. The molecule has 1 aliphatic rings. The molecule has 0 aliphatic carbocycles. The lowest BCUT2D eigenvalue weighted by Gasteiger charge is -2.22. The van der Waals surface area contributed by atoms with Gasteiger partial charge in [0.1, 0.15) is 0 Å². The second-order valence-electron chi connectivity index (χ2n) is 4.61. The van der Waals surface area contributed by atoms with Gasteiger partial charge in [-0.2, -0.15) is 0 Å². The van der Waals surface area contributed by atoms with Gasteiger partial charge in [-0.1, -0.05) is 22.0 Å². The molecule has 1 atom stereocenters. The molecule has 4 heteroatoms. The third-order valence-corrected chi connectivity index (χ3v) is 4.14. The van der Waals surface area contributed by atoms with Gasteiger partial charge in [0.15, 0.2) is 0 Å². The van der Waals surface area contributed by atoms with Gasteiger partial charge in [-0.05, 0) is 43.9 Å². The highest BCUT2D eigenvalue weighted by molar-refractivity contribution is 9.10. The van der Waals surface area contributed by atoms with E-state index < -0.39 is 0 Å². The Morgan fingerprint density at radius 3 is 3.06 bits per heavy atom. The number of carbonyl (C=O) groups excluding carboxylic acids is 1. The average molecular weight is 312 g/mol. The van der Waals surface area contributed by atoms with E-state index in [0.29, 0.717) is 6.54 Å². The summed E-state index contributed by atoms with van der Waals surface area (Å²) in [5, 5.41) is 2.95. The van der Waals surface area contributed by atoms with E-state index in [9.17, 15) is 4.79 Å². The van der Waals surface area contributed by atoms with Crippen molar-refractivity contribution in [2.24, 2.45) is 0 Å². The van der Waals surface area contributed by atoms with E-state index in [1.807, 2.05) is 25.1 Å². The van der Waals surface area contributed by atoms with E-state index >= 15 is 0 Å². The Hall–Kier alpha value is -0.870. The predicted octanol–water partition coefficient (Wildman–Crippen LogP) is 3.06. The maximum atomic E-state index is 12.1. The minimum absolute atomic E-state index is 0.0250. The summed E-state index contributed by atoms with van der Waals surface area (Å²) in [6.07, 6.45) is 3.54. The molecule has 1 amide bonds. The zero-order valence-corrected chi connectivity index (χ0v) is 12.1. The zero-order chi connectivity index (χ0) is 13.0. The summed E-state index contributed by atoms with van der Waals surface area (Å²) in [6, 6.07) is 5.66. The van der Waals surface area contributed by atoms with Gasteiger partial charge in [0, 0.05) is 23.2 Å². The number of halogens is 1. The molecule has 0 bridgehead atoms. The van der Waals surface area contributed by atoms with E-state index in [4.69, 9.17) is 4.74 Å². The molecular weight excluding hydrogens is 294 g/mol. The lowest BCUT2D eigenvalue weighted by molar-refractivity contribution is 0.0169. The first-order chi connectivity index (χ1) is 8.68. The molecule has 0 aromatic heterocycles. The van der Waals surface area contributed by atoms with Crippen LogP contribution in [0.15, 0.2) is 22.7 Å². The van der Waals surface area contributed by atoms with E-state index in [1.165, 1.54) is 6.42 Å². The van der Waals surface area contributed by atoms with Crippen molar-refractivity contribution in [3.05, 3.63) is 33.8 Å². The van der Waals surface area contributed by atoms with Crippen molar-refractivity contribution in [1.29, 1.82) is 0 Å². The highest BCUT2D eigenvalue weighted by Gasteiger charge is 2.16. The van der Waals surface area contributed by atoms with Crippen LogP contribution in [0, 0.1) is 6.92 Å².